The molecule has 27 heavy (non-hydrogen) atoms. The van der Waals surface area contributed by atoms with Crippen LogP contribution in [0.5, 0.6) is 0 Å². The number of nitrogens with two attached hydrogens (primary N) is 1. The summed E-state index contributed by atoms with van der Waals surface area (Å²) in [6, 6.07) is 8.82. The van der Waals surface area contributed by atoms with E-state index < -0.39 is 5.91 Å². The Hall–Kier alpha value is -2.96. The van der Waals surface area contributed by atoms with Crippen molar-refractivity contribution in [3.8, 4) is 0 Å². The summed E-state index contributed by atoms with van der Waals surface area (Å²) < 4.78 is 15.3. The van der Waals surface area contributed by atoms with Crippen LogP contribution in [0.2, 0.25) is 0 Å². The number of hydrogen-bond acceptors (Lipinski definition) is 4. The molecule has 0 radical (unpaired) electrons. The maximum absolute atomic E-state index is 13.7. The zero-order valence-electron chi connectivity index (χ0n) is 15.2. The van der Waals surface area contributed by atoms with E-state index in [1.54, 1.807) is 16.6 Å². The minimum Gasteiger partial charge on any atom is -0.364 e. The van der Waals surface area contributed by atoms with Gasteiger partial charge in [-0.2, -0.15) is 0 Å². The molecule has 0 spiro atoms. The van der Waals surface area contributed by atoms with E-state index in [0.29, 0.717) is 5.65 Å². The van der Waals surface area contributed by atoms with Crippen molar-refractivity contribution in [1.29, 1.82) is 0 Å². The number of benzene rings is 1. The predicted octanol–water partition coefficient (Wildman–Crippen LogP) is 3.26. The summed E-state index contributed by atoms with van der Waals surface area (Å²) in [6.45, 7) is 2.92. The summed E-state index contributed by atoms with van der Waals surface area (Å²) in [5.74, 6) is -0.0315. The molecule has 4 rings (SSSR count). The number of imidazole rings is 1. The lowest BCUT2D eigenvalue weighted by Gasteiger charge is -2.26. The lowest BCUT2D eigenvalue weighted by atomic mass is 10.0. The molecule has 2 aromatic heterocycles. The van der Waals surface area contributed by atoms with Crippen molar-refractivity contribution in [2.24, 2.45) is 5.73 Å². The molecule has 1 aliphatic rings. The number of primary amides is 1. The molecular formula is C20H22FN5O. The van der Waals surface area contributed by atoms with Gasteiger partial charge in [-0.1, -0.05) is 25.5 Å². The second-order valence-electron chi connectivity index (χ2n) is 6.93. The first kappa shape index (κ1) is 17.5. The van der Waals surface area contributed by atoms with Crippen LogP contribution in [-0.2, 0) is 6.42 Å². The van der Waals surface area contributed by atoms with Crippen molar-refractivity contribution in [1.82, 2.24) is 14.6 Å². The van der Waals surface area contributed by atoms with Crippen molar-refractivity contribution >= 4 is 17.4 Å². The van der Waals surface area contributed by atoms with Gasteiger partial charge in [-0.25, -0.2) is 13.9 Å². The van der Waals surface area contributed by atoms with Crippen molar-refractivity contribution in [2.45, 2.75) is 38.6 Å². The molecule has 7 heteroatoms. The summed E-state index contributed by atoms with van der Waals surface area (Å²) in [4.78, 5) is 18.3. The molecule has 6 nitrogen and oxygen atoms in total. The number of halogens is 1. The second kappa shape index (κ2) is 6.98. The lowest BCUT2D eigenvalue weighted by molar-refractivity contribution is 0.0993. The van der Waals surface area contributed by atoms with Crippen molar-refractivity contribution in [3.05, 3.63) is 59.2 Å². The summed E-state index contributed by atoms with van der Waals surface area (Å²) in [5.41, 5.74) is 8.39. The number of nitrogens with zero attached hydrogens (tertiary/aromatic N) is 4. The van der Waals surface area contributed by atoms with E-state index in [0.717, 1.165) is 49.2 Å². The average Bonchev–Trinajstić information content (AvgIpc) is 3.29. The molecular weight excluding hydrogens is 345 g/mol. The third-order valence-electron chi connectivity index (χ3n) is 5.08. The fourth-order valence-corrected chi connectivity index (χ4v) is 3.88. The molecule has 1 amide bonds. The van der Waals surface area contributed by atoms with Crippen LogP contribution in [0.15, 0.2) is 36.5 Å². The molecule has 1 atom stereocenters. The van der Waals surface area contributed by atoms with Crippen LogP contribution < -0.4 is 10.6 Å². The minimum atomic E-state index is -0.558. The van der Waals surface area contributed by atoms with Crippen molar-refractivity contribution in [2.75, 3.05) is 11.4 Å². The largest absolute Gasteiger partial charge is 0.364 e. The monoisotopic (exact) mass is 367 g/mol. The van der Waals surface area contributed by atoms with E-state index in [-0.39, 0.29) is 17.6 Å². The van der Waals surface area contributed by atoms with Gasteiger partial charge >= 0.3 is 0 Å². The van der Waals surface area contributed by atoms with Gasteiger partial charge in [0.15, 0.2) is 5.65 Å². The highest BCUT2D eigenvalue weighted by molar-refractivity contribution is 5.91. The van der Waals surface area contributed by atoms with Gasteiger partial charge in [0.2, 0.25) is 0 Å². The Morgan fingerprint density at radius 1 is 1.37 bits per heavy atom. The van der Waals surface area contributed by atoms with Crippen LogP contribution in [0.3, 0.4) is 0 Å². The summed E-state index contributed by atoms with van der Waals surface area (Å²) in [5, 5.41) is 4.67. The number of fused-ring (bicyclic) bond motifs is 1. The molecule has 2 N–H and O–H groups in total. The summed E-state index contributed by atoms with van der Waals surface area (Å²) in [7, 11) is 0. The van der Waals surface area contributed by atoms with E-state index in [2.05, 4.69) is 21.9 Å². The molecule has 0 aliphatic carbocycles. The maximum Gasteiger partial charge on any atom is 0.269 e. The summed E-state index contributed by atoms with van der Waals surface area (Å²) in [6.07, 6.45) is 5.18. The Balaban J connectivity index is 1.82. The highest BCUT2D eigenvalue weighted by Crippen LogP contribution is 2.36. The van der Waals surface area contributed by atoms with Crippen molar-refractivity contribution in [3.63, 3.8) is 0 Å². The number of rotatable bonds is 5. The molecule has 1 saturated heterocycles. The molecule has 1 fully saturated rings. The van der Waals surface area contributed by atoms with Gasteiger partial charge < -0.3 is 10.6 Å². The van der Waals surface area contributed by atoms with E-state index in [9.17, 15) is 9.18 Å². The number of aromatic nitrogens is 3. The number of aryl methyl sites for hydroxylation is 1. The molecule has 140 valence electrons. The predicted molar refractivity (Wildman–Crippen MR) is 101 cm³/mol. The Labute approximate surface area is 156 Å². The molecule has 0 bridgehead atoms. The first-order valence-corrected chi connectivity index (χ1v) is 9.28. The standard InChI is InChI=1S/C20H22FN5O/c1-2-5-14-11-18(24-26-17(19(22)27)12-23-20(14)26)25-9-4-8-16(25)13-6-3-7-15(21)10-13/h3,6-7,10-12,16H,2,4-5,8-9H2,1H3,(H2,22,27). The molecule has 1 aliphatic heterocycles. The SMILES string of the molecule is CCCc1cc(N2CCCC2c2cccc(F)c2)nn2c(C(N)=O)cnc12. The van der Waals surface area contributed by atoms with Crippen LogP contribution in [0.1, 0.15) is 53.8 Å². The molecule has 3 heterocycles. The highest BCUT2D eigenvalue weighted by atomic mass is 19.1. The first-order valence-electron chi connectivity index (χ1n) is 9.28. The number of carbonyl (C=O) groups excluding carboxylic acids is 1. The fraction of sp³-hybridized carbons (Fsp3) is 0.350. The minimum absolute atomic E-state index is 0.0562. The Kier molecular flexibility index (Phi) is 4.51. The van der Waals surface area contributed by atoms with Crippen LogP contribution in [-0.4, -0.2) is 27.0 Å². The van der Waals surface area contributed by atoms with E-state index >= 15 is 0 Å². The Morgan fingerprint density at radius 3 is 2.96 bits per heavy atom. The first-order chi connectivity index (χ1) is 13.1. The molecule has 0 saturated carbocycles. The lowest BCUT2D eigenvalue weighted by Crippen LogP contribution is -2.25. The molecule has 1 unspecified atom stereocenters. The Bertz CT molecular complexity index is 999. The number of amides is 1. The molecule has 3 aromatic rings. The maximum atomic E-state index is 13.7. The highest BCUT2D eigenvalue weighted by Gasteiger charge is 2.28. The summed E-state index contributed by atoms with van der Waals surface area (Å²) >= 11 is 0. The van der Waals surface area contributed by atoms with Gasteiger partial charge in [-0.15, -0.1) is 5.10 Å². The van der Waals surface area contributed by atoms with Crippen LogP contribution >= 0.6 is 0 Å². The quantitative estimate of drug-likeness (QED) is 0.751. The van der Waals surface area contributed by atoms with Crippen LogP contribution in [0.25, 0.3) is 5.65 Å². The van der Waals surface area contributed by atoms with E-state index in [1.807, 2.05) is 12.1 Å². The van der Waals surface area contributed by atoms with Gasteiger partial charge in [0.05, 0.1) is 12.2 Å². The fourth-order valence-electron chi connectivity index (χ4n) is 3.88. The smallest absolute Gasteiger partial charge is 0.269 e. The van der Waals surface area contributed by atoms with E-state index in [1.165, 1.54) is 12.3 Å². The van der Waals surface area contributed by atoms with Crippen LogP contribution in [0, 0.1) is 5.82 Å². The zero-order chi connectivity index (χ0) is 19.0. The molecule has 1 aromatic carbocycles. The number of carbonyl (C=O) groups is 1. The third kappa shape index (κ3) is 3.13. The normalized spacial score (nSPS) is 17.0. The number of anilines is 1. The van der Waals surface area contributed by atoms with Gasteiger partial charge in [0.1, 0.15) is 17.3 Å². The van der Waals surface area contributed by atoms with Gasteiger partial charge in [-0.3, -0.25) is 4.79 Å². The number of hydrogen-bond donors (Lipinski definition) is 1. The Morgan fingerprint density at radius 2 is 2.22 bits per heavy atom. The van der Waals surface area contributed by atoms with Gasteiger partial charge in [-0.05, 0) is 43.0 Å². The van der Waals surface area contributed by atoms with Crippen LogP contribution in [0.4, 0.5) is 10.2 Å². The second-order valence-corrected chi connectivity index (χ2v) is 6.93. The van der Waals surface area contributed by atoms with Gasteiger partial charge in [0.25, 0.3) is 5.91 Å². The zero-order valence-corrected chi connectivity index (χ0v) is 15.2. The topological polar surface area (TPSA) is 76.5 Å². The average molecular weight is 367 g/mol. The van der Waals surface area contributed by atoms with Crippen molar-refractivity contribution < 1.29 is 9.18 Å². The van der Waals surface area contributed by atoms with E-state index in [4.69, 9.17) is 5.73 Å². The third-order valence-corrected chi connectivity index (χ3v) is 5.08. The van der Waals surface area contributed by atoms with Gasteiger partial charge in [0, 0.05) is 12.1 Å².